The Morgan fingerprint density at radius 3 is 2.62 bits per heavy atom. The monoisotopic (exact) mass is 189 g/mol. The van der Waals surface area contributed by atoms with Gasteiger partial charge in [-0.1, -0.05) is 6.92 Å². The molecule has 3 nitrogen and oxygen atoms in total. The van der Waals surface area contributed by atoms with Crippen LogP contribution in [-0.4, -0.2) is 38.1 Å². The number of hydrogen-bond acceptors (Lipinski definition) is 3. The third-order valence-electron chi connectivity index (χ3n) is 2.84. The normalized spacial score (nSPS) is 46.5. The molecule has 13 heavy (non-hydrogen) atoms. The molecule has 1 fully saturated rings. The second kappa shape index (κ2) is 4.94. The Hall–Kier alpha value is -0.120. The van der Waals surface area contributed by atoms with Crippen molar-refractivity contribution in [2.24, 2.45) is 11.8 Å². The summed E-state index contributed by atoms with van der Waals surface area (Å²) in [6.45, 7) is 2.15. The fraction of sp³-hybridized carbons (Fsp3) is 1.00. The average Bonchev–Trinajstić information content (AvgIpc) is 2.40. The first-order chi connectivity index (χ1) is 6.60. The van der Waals surface area contributed by atoms with E-state index in [0.717, 1.165) is 6.42 Å². The van der Waals surface area contributed by atoms with Crippen LogP contribution in [0.15, 0.2) is 0 Å². The quantitative estimate of drug-likeness (QED) is 0.718. The van der Waals surface area contributed by atoms with Gasteiger partial charge in [0.05, 0.1) is 13.6 Å². The molecule has 0 radical (unpaired) electrons. The minimum atomic E-state index is -0.950. The molecule has 0 amide bonds. The third-order valence-corrected chi connectivity index (χ3v) is 2.84. The van der Waals surface area contributed by atoms with Crippen LogP contribution in [0.4, 0.5) is 0 Å². The molecule has 0 saturated heterocycles. The molecule has 1 N–H and O–H groups in total. The highest BCUT2D eigenvalue weighted by molar-refractivity contribution is 4.90. The summed E-state index contributed by atoms with van der Waals surface area (Å²) in [5.74, 6) is 0.381. The molecule has 0 aromatic carbocycles. The molecule has 4 atom stereocenters. The van der Waals surface area contributed by atoms with Crippen LogP contribution in [0.5, 0.6) is 0 Å². The van der Waals surface area contributed by atoms with Gasteiger partial charge in [0, 0.05) is 20.8 Å². The summed E-state index contributed by atoms with van der Waals surface area (Å²) in [4.78, 5) is 0. The van der Waals surface area contributed by atoms with Crippen LogP contribution in [0.1, 0.15) is 21.1 Å². The van der Waals surface area contributed by atoms with Crippen molar-refractivity contribution in [1.82, 2.24) is 0 Å². The molecule has 1 saturated carbocycles. The van der Waals surface area contributed by atoms with Gasteiger partial charge in [-0.15, -0.1) is 0 Å². The van der Waals surface area contributed by atoms with Crippen molar-refractivity contribution in [3.8, 4) is 0 Å². The van der Waals surface area contributed by atoms with Crippen LogP contribution in [-0.2, 0) is 9.47 Å². The van der Waals surface area contributed by atoms with E-state index in [-0.39, 0.29) is 24.5 Å². The van der Waals surface area contributed by atoms with Gasteiger partial charge in [-0.05, 0) is 24.7 Å². The maximum absolute atomic E-state index is 8.91. The van der Waals surface area contributed by atoms with Gasteiger partial charge in [-0.2, -0.15) is 0 Å². The van der Waals surface area contributed by atoms with E-state index in [2.05, 4.69) is 0 Å². The maximum atomic E-state index is 8.91. The Labute approximate surface area is 81.4 Å². The Morgan fingerprint density at radius 2 is 2.15 bits per heavy atom. The molecule has 0 spiro atoms. The Bertz CT molecular complexity index is 188. The Kier molecular flexibility index (Phi) is 3.58. The summed E-state index contributed by atoms with van der Waals surface area (Å²) < 4.78 is 18.8. The molecule has 0 heterocycles. The number of hydrogen-bond donors (Lipinski definition) is 1. The van der Waals surface area contributed by atoms with Crippen LogP contribution in [0.2, 0.25) is 0 Å². The molecule has 3 heteroatoms. The van der Waals surface area contributed by atoms with Crippen molar-refractivity contribution in [3.05, 3.63) is 0 Å². The fourth-order valence-corrected chi connectivity index (χ4v) is 2.27. The van der Waals surface area contributed by atoms with E-state index >= 15 is 0 Å². The zero-order chi connectivity index (χ0) is 10.8. The molecule has 78 valence electrons. The summed E-state index contributed by atoms with van der Waals surface area (Å²) in [5.41, 5.74) is 0. The molecule has 1 aliphatic rings. The predicted molar refractivity (Wildman–Crippen MR) is 50.6 cm³/mol. The predicted octanol–water partition coefficient (Wildman–Crippen LogP) is 1.05. The summed E-state index contributed by atoms with van der Waals surface area (Å²) in [7, 11) is 3.16. The van der Waals surface area contributed by atoms with E-state index in [9.17, 15) is 0 Å². The van der Waals surface area contributed by atoms with Crippen molar-refractivity contribution in [2.45, 2.75) is 31.9 Å². The molecule has 0 aliphatic heterocycles. The zero-order valence-corrected chi connectivity index (χ0v) is 8.62. The largest absolute Gasteiger partial charge is 0.396 e. The Morgan fingerprint density at radius 1 is 1.46 bits per heavy atom. The van der Waals surface area contributed by atoms with Gasteiger partial charge in [-0.3, -0.25) is 0 Å². The third kappa shape index (κ3) is 2.22. The summed E-state index contributed by atoms with van der Waals surface area (Å²) >= 11 is 0. The SMILES string of the molecule is [2H][C@]1(OC)[C@H](C)C[C@H](CCO)[C@H]1OC. The number of methoxy groups -OCH3 is 2. The van der Waals surface area contributed by atoms with Crippen molar-refractivity contribution < 1.29 is 16.0 Å². The lowest BCUT2D eigenvalue weighted by molar-refractivity contribution is -0.0483. The average molecular weight is 189 g/mol. The maximum Gasteiger partial charge on any atom is 0.0864 e. The van der Waals surface area contributed by atoms with E-state index in [1.807, 2.05) is 6.92 Å². The molecule has 1 aliphatic carbocycles. The van der Waals surface area contributed by atoms with Gasteiger partial charge in [0.25, 0.3) is 0 Å². The van der Waals surface area contributed by atoms with E-state index < -0.39 is 6.08 Å². The van der Waals surface area contributed by atoms with Gasteiger partial charge in [-0.25, -0.2) is 0 Å². The van der Waals surface area contributed by atoms with E-state index in [1.54, 1.807) is 14.2 Å². The van der Waals surface area contributed by atoms with Gasteiger partial charge < -0.3 is 14.6 Å². The first-order valence-electron chi connectivity index (χ1n) is 5.29. The number of rotatable bonds is 4. The smallest absolute Gasteiger partial charge is 0.0864 e. The first kappa shape index (κ1) is 9.44. The lowest BCUT2D eigenvalue weighted by atomic mass is 10.0. The van der Waals surface area contributed by atoms with Gasteiger partial charge in [0.15, 0.2) is 0 Å². The minimum Gasteiger partial charge on any atom is -0.396 e. The van der Waals surface area contributed by atoms with Crippen LogP contribution < -0.4 is 0 Å². The van der Waals surface area contributed by atoms with E-state index in [1.165, 1.54) is 0 Å². The summed E-state index contributed by atoms with van der Waals surface area (Å²) in [6.07, 6.45) is 0.396. The zero-order valence-electron chi connectivity index (χ0n) is 9.62. The van der Waals surface area contributed by atoms with Crippen molar-refractivity contribution >= 4 is 0 Å². The highest BCUT2D eigenvalue weighted by Gasteiger charge is 2.40. The van der Waals surface area contributed by atoms with E-state index in [4.69, 9.17) is 16.0 Å². The highest BCUT2D eigenvalue weighted by Crippen LogP contribution is 2.36. The van der Waals surface area contributed by atoms with Crippen molar-refractivity contribution in [3.63, 3.8) is 0 Å². The number of aliphatic hydroxyl groups is 1. The van der Waals surface area contributed by atoms with Crippen molar-refractivity contribution in [2.75, 3.05) is 20.8 Å². The fourth-order valence-electron chi connectivity index (χ4n) is 2.27. The van der Waals surface area contributed by atoms with Crippen LogP contribution in [0.25, 0.3) is 0 Å². The number of ether oxygens (including phenoxy) is 2. The minimum absolute atomic E-state index is 0.147. The molecular weight excluding hydrogens is 168 g/mol. The lowest BCUT2D eigenvalue weighted by Gasteiger charge is -2.23. The highest BCUT2D eigenvalue weighted by atomic mass is 16.5. The van der Waals surface area contributed by atoms with Crippen molar-refractivity contribution in [1.29, 1.82) is 0 Å². The topological polar surface area (TPSA) is 38.7 Å². The molecule has 1 rings (SSSR count). The summed E-state index contributed by atoms with van der Waals surface area (Å²) in [6, 6.07) is 0. The first-order valence-corrected chi connectivity index (χ1v) is 4.79. The van der Waals surface area contributed by atoms with Gasteiger partial charge >= 0.3 is 0 Å². The molecule has 0 aromatic rings. The van der Waals surface area contributed by atoms with Crippen LogP contribution in [0, 0.1) is 11.8 Å². The van der Waals surface area contributed by atoms with Crippen LogP contribution in [0.3, 0.4) is 0 Å². The second-order valence-corrected chi connectivity index (χ2v) is 3.67. The Balaban J connectivity index is 2.77. The molecule has 0 bridgehead atoms. The second-order valence-electron chi connectivity index (χ2n) is 3.67. The number of aliphatic hydroxyl groups excluding tert-OH is 1. The molecule has 0 aromatic heterocycles. The standard InChI is InChI=1S/C10H20O3/c1-7-6-8(4-5-11)10(13-3)9(7)12-2/h7-11H,4-6H2,1-3H3/t7-,8+,9+,10-/m1/s1/i9D. The molecule has 0 unspecified atom stereocenters. The summed E-state index contributed by atoms with van der Waals surface area (Å²) in [5, 5.41) is 8.91. The lowest BCUT2D eigenvalue weighted by Crippen LogP contribution is -2.31. The van der Waals surface area contributed by atoms with E-state index in [0.29, 0.717) is 6.42 Å². The van der Waals surface area contributed by atoms with Crippen LogP contribution >= 0.6 is 0 Å². The molecular formula is C10H20O3. The van der Waals surface area contributed by atoms with Gasteiger partial charge in [0.2, 0.25) is 0 Å². The van der Waals surface area contributed by atoms with Gasteiger partial charge in [0.1, 0.15) is 0 Å².